The molecule has 33 heavy (non-hydrogen) atoms. The van der Waals surface area contributed by atoms with Gasteiger partial charge in [-0.25, -0.2) is 0 Å². The van der Waals surface area contributed by atoms with Crippen LogP contribution in [-0.4, -0.2) is 26.4 Å². The third-order valence-electron chi connectivity index (χ3n) is 5.22. The molecule has 0 unspecified atom stereocenters. The molecule has 0 saturated heterocycles. The molecule has 0 aliphatic rings. The molecule has 0 fully saturated rings. The van der Waals surface area contributed by atoms with Crippen LogP contribution in [0.1, 0.15) is 11.4 Å². The molecule has 0 aliphatic heterocycles. The number of aromatic nitrogens is 4. The van der Waals surface area contributed by atoms with Crippen LogP contribution in [0.4, 0.5) is 0 Å². The Labute approximate surface area is 203 Å². The number of nitrogens with zero attached hydrogens (tertiary/aromatic N) is 4. The normalized spacial score (nSPS) is 11.2. The van der Waals surface area contributed by atoms with Gasteiger partial charge in [0.25, 0.3) is 0 Å². The molecule has 0 N–H and O–H groups in total. The van der Waals surface area contributed by atoms with Crippen LogP contribution >= 0.6 is 34.7 Å². The third kappa shape index (κ3) is 4.42. The molecular formula is C24H19ClN4O2S2. The molecule has 3 aromatic carbocycles. The van der Waals surface area contributed by atoms with Crippen molar-refractivity contribution in [3.8, 4) is 11.4 Å². The van der Waals surface area contributed by atoms with Crippen molar-refractivity contribution in [3.05, 3.63) is 98.9 Å². The lowest BCUT2D eigenvalue weighted by molar-refractivity contribution is 0.414. The number of hydrogen-bond acceptors (Lipinski definition) is 6. The maximum atomic E-state index is 12.7. The van der Waals surface area contributed by atoms with E-state index in [1.54, 1.807) is 23.4 Å². The van der Waals surface area contributed by atoms with E-state index in [9.17, 15) is 4.79 Å². The van der Waals surface area contributed by atoms with Crippen LogP contribution in [0, 0.1) is 0 Å². The fraction of sp³-hybridized carbons (Fsp3) is 0.125. The second-order valence-electron chi connectivity index (χ2n) is 7.23. The highest BCUT2D eigenvalue weighted by Gasteiger charge is 2.18. The Morgan fingerprint density at radius 2 is 1.76 bits per heavy atom. The minimum atomic E-state index is -0.0225. The molecule has 0 aliphatic carbocycles. The Balaban J connectivity index is 1.55. The molecule has 0 bridgehead atoms. The van der Waals surface area contributed by atoms with Crippen molar-refractivity contribution in [2.24, 2.45) is 0 Å². The predicted molar refractivity (Wildman–Crippen MR) is 134 cm³/mol. The highest BCUT2D eigenvalue weighted by molar-refractivity contribution is 7.98. The highest BCUT2D eigenvalue weighted by Crippen LogP contribution is 2.29. The Kier molecular flexibility index (Phi) is 6.22. The number of thioether (sulfide) groups is 1. The van der Waals surface area contributed by atoms with Crippen molar-refractivity contribution in [1.82, 2.24) is 19.3 Å². The van der Waals surface area contributed by atoms with Crippen molar-refractivity contribution < 1.29 is 4.74 Å². The summed E-state index contributed by atoms with van der Waals surface area (Å²) in [6, 6.07) is 23.3. The van der Waals surface area contributed by atoms with E-state index in [-0.39, 0.29) is 4.87 Å². The second-order valence-corrected chi connectivity index (χ2v) is 9.58. The summed E-state index contributed by atoms with van der Waals surface area (Å²) in [4.78, 5) is 12.7. The molecule has 9 heteroatoms. The van der Waals surface area contributed by atoms with Gasteiger partial charge in [-0.15, -0.1) is 10.2 Å². The summed E-state index contributed by atoms with van der Waals surface area (Å²) in [5.41, 5.74) is 2.81. The first-order valence-corrected chi connectivity index (χ1v) is 12.4. The van der Waals surface area contributed by atoms with Gasteiger partial charge in [-0.3, -0.25) is 13.9 Å². The maximum absolute atomic E-state index is 12.7. The average Bonchev–Trinajstić information content (AvgIpc) is 3.39. The van der Waals surface area contributed by atoms with Crippen LogP contribution in [-0.2, 0) is 12.3 Å². The van der Waals surface area contributed by atoms with Gasteiger partial charge in [0, 0.05) is 16.5 Å². The van der Waals surface area contributed by atoms with E-state index in [4.69, 9.17) is 16.3 Å². The first-order valence-electron chi connectivity index (χ1n) is 10.2. The van der Waals surface area contributed by atoms with E-state index >= 15 is 0 Å². The molecule has 6 nitrogen and oxygen atoms in total. The molecular weight excluding hydrogens is 476 g/mol. The predicted octanol–water partition coefficient (Wildman–Crippen LogP) is 5.65. The molecule has 166 valence electrons. The van der Waals surface area contributed by atoms with Gasteiger partial charge in [-0.05, 0) is 48.0 Å². The Bertz CT molecular complexity index is 1470. The van der Waals surface area contributed by atoms with Crippen LogP contribution in [0.25, 0.3) is 15.9 Å². The summed E-state index contributed by atoms with van der Waals surface area (Å²) < 4.78 is 9.99. The summed E-state index contributed by atoms with van der Waals surface area (Å²) >= 11 is 9.13. The number of hydrogen-bond donors (Lipinski definition) is 0. The van der Waals surface area contributed by atoms with Gasteiger partial charge in [0.15, 0.2) is 11.0 Å². The zero-order valence-electron chi connectivity index (χ0n) is 17.6. The van der Waals surface area contributed by atoms with Gasteiger partial charge >= 0.3 is 4.87 Å². The largest absolute Gasteiger partial charge is 0.497 e. The molecule has 2 aromatic heterocycles. The summed E-state index contributed by atoms with van der Waals surface area (Å²) in [5.74, 6) is 2.08. The standard InChI is InChI=1S/C24H19ClN4O2S2/c1-31-18-12-10-17(11-13-18)29-22(14-28-20-8-4-5-9-21(20)33-24(28)30)26-27-23(29)32-15-16-6-2-3-7-19(16)25/h2-13H,14-15H2,1H3. The fourth-order valence-electron chi connectivity index (χ4n) is 3.55. The molecule has 2 heterocycles. The quantitative estimate of drug-likeness (QED) is 0.274. The number of benzene rings is 3. The van der Waals surface area contributed by atoms with Crippen molar-refractivity contribution >= 4 is 44.9 Å². The maximum Gasteiger partial charge on any atom is 0.308 e. The van der Waals surface area contributed by atoms with E-state index < -0.39 is 0 Å². The van der Waals surface area contributed by atoms with E-state index in [2.05, 4.69) is 10.2 Å². The lowest BCUT2D eigenvalue weighted by Crippen LogP contribution is -2.16. The number of thiazole rings is 1. The van der Waals surface area contributed by atoms with Gasteiger partial charge in [-0.2, -0.15) is 0 Å². The van der Waals surface area contributed by atoms with Gasteiger partial charge in [0.2, 0.25) is 0 Å². The first kappa shape index (κ1) is 21.8. The second kappa shape index (κ2) is 9.43. The number of methoxy groups -OCH3 is 1. The summed E-state index contributed by atoms with van der Waals surface area (Å²) in [6.45, 7) is 0.314. The Morgan fingerprint density at radius 1 is 1.00 bits per heavy atom. The average molecular weight is 495 g/mol. The van der Waals surface area contributed by atoms with Crippen LogP contribution in [0.5, 0.6) is 5.75 Å². The minimum Gasteiger partial charge on any atom is -0.497 e. The smallest absolute Gasteiger partial charge is 0.308 e. The number of fused-ring (bicyclic) bond motifs is 1. The zero-order chi connectivity index (χ0) is 22.8. The number of ether oxygens (including phenoxy) is 1. The van der Waals surface area contributed by atoms with Crippen molar-refractivity contribution in [2.75, 3.05) is 7.11 Å². The third-order valence-corrected chi connectivity index (χ3v) is 7.53. The minimum absolute atomic E-state index is 0.0225. The van der Waals surface area contributed by atoms with Gasteiger partial charge in [0.05, 0.1) is 23.9 Å². The zero-order valence-corrected chi connectivity index (χ0v) is 20.0. The summed E-state index contributed by atoms with van der Waals surface area (Å²) in [7, 11) is 1.64. The van der Waals surface area contributed by atoms with Crippen molar-refractivity contribution in [2.45, 2.75) is 17.5 Å². The van der Waals surface area contributed by atoms with Crippen molar-refractivity contribution in [1.29, 1.82) is 0 Å². The van der Waals surface area contributed by atoms with Crippen LogP contribution in [0.2, 0.25) is 5.02 Å². The Morgan fingerprint density at radius 3 is 2.55 bits per heavy atom. The number of para-hydroxylation sites is 1. The lowest BCUT2D eigenvalue weighted by Gasteiger charge is -2.12. The van der Waals surface area contributed by atoms with Crippen LogP contribution in [0.3, 0.4) is 0 Å². The van der Waals surface area contributed by atoms with E-state index in [1.807, 2.05) is 77.4 Å². The monoisotopic (exact) mass is 494 g/mol. The topological polar surface area (TPSA) is 61.9 Å². The fourth-order valence-corrected chi connectivity index (χ4v) is 5.70. The molecule has 0 amide bonds. The molecule has 0 spiro atoms. The van der Waals surface area contributed by atoms with E-state index in [1.165, 1.54) is 11.3 Å². The van der Waals surface area contributed by atoms with Gasteiger partial charge in [-0.1, -0.05) is 65.0 Å². The number of halogens is 1. The molecule has 0 saturated carbocycles. The van der Waals surface area contributed by atoms with Crippen LogP contribution < -0.4 is 9.61 Å². The SMILES string of the molecule is COc1ccc(-n2c(Cn3c(=O)sc4ccccc43)nnc2SCc2ccccc2Cl)cc1. The van der Waals surface area contributed by atoms with E-state index in [0.29, 0.717) is 18.1 Å². The molecule has 0 radical (unpaired) electrons. The first-order chi connectivity index (χ1) is 16.1. The van der Waals surface area contributed by atoms with E-state index in [0.717, 1.165) is 37.4 Å². The molecule has 5 rings (SSSR count). The van der Waals surface area contributed by atoms with Crippen molar-refractivity contribution in [3.63, 3.8) is 0 Å². The highest BCUT2D eigenvalue weighted by atomic mass is 35.5. The van der Waals surface area contributed by atoms with Crippen LogP contribution in [0.15, 0.2) is 82.7 Å². The van der Waals surface area contributed by atoms with Gasteiger partial charge < -0.3 is 4.74 Å². The number of rotatable bonds is 7. The van der Waals surface area contributed by atoms with Gasteiger partial charge in [0.1, 0.15) is 5.75 Å². The lowest BCUT2D eigenvalue weighted by atomic mass is 10.2. The summed E-state index contributed by atoms with van der Waals surface area (Å²) in [5, 5.41) is 10.4. The summed E-state index contributed by atoms with van der Waals surface area (Å²) in [6.07, 6.45) is 0. The Hall–Kier alpha value is -3.07. The molecule has 0 atom stereocenters. The molecule has 5 aromatic rings.